The minimum atomic E-state index is 0.558. The van der Waals surface area contributed by atoms with Crippen LogP contribution in [0, 0.1) is 5.41 Å². The van der Waals surface area contributed by atoms with Gasteiger partial charge in [-0.15, -0.1) is 0 Å². The highest BCUT2D eigenvalue weighted by Crippen LogP contribution is 2.31. The van der Waals surface area contributed by atoms with Gasteiger partial charge < -0.3 is 10.2 Å². The first-order valence-corrected chi connectivity index (χ1v) is 7.19. The number of hydrogen-bond acceptors (Lipinski definition) is 2. The fourth-order valence-corrected chi connectivity index (χ4v) is 2.96. The molecule has 1 aliphatic heterocycles. The van der Waals surface area contributed by atoms with E-state index >= 15 is 0 Å². The Balaban J connectivity index is 2.50. The van der Waals surface area contributed by atoms with E-state index in [2.05, 4.69) is 31.0 Å². The standard InChI is InChI=1S/C14H30N2/c1-4-10-16(11-5-2)13-14(6-3)8-7-9-15-12-14/h15H,4-13H2,1-3H3. The molecule has 2 nitrogen and oxygen atoms in total. The van der Waals surface area contributed by atoms with Crippen LogP contribution in [0.3, 0.4) is 0 Å². The third-order valence-corrected chi connectivity index (χ3v) is 3.95. The SMILES string of the molecule is CCCN(CCC)CC1(CC)CCCNC1. The summed E-state index contributed by atoms with van der Waals surface area (Å²) in [6, 6.07) is 0. The number of nitrogens with zero attached hydrogens (tertiary/aromatic N) is 1. The van der Waals surface area contributed by atoms with Crippen LogP contribution in [0.15, 0.2) is 0 Å². The molecule has 96 valence electrons. The van der Waals surface area contributed by atoms with Crippen LogP contribution in [0.25, 0.3) is 0 Å². The third kappa shape index (κ3) is 4.06. The Bertz CT molecular complexity index is 168. The van der Waals surface area contributed by atoms with E-state index in [-0.39, 0.29) is 0 Å². The van der Waals surface area contributed by atoms with Crippen molar-refractivity contribution in [2.45, 2.75) is 52.9 Å². The molecule has 0 radical (unpaired) electrons. The molecule has 0 aliphatic carbocycles. The molecular weight excluding hydrogens is 196 g/mol. The average molecular weight is 226 g/mol. The average Bonchev–Trinajstić information content (AvgIpc) is 2.31. The number of nitrogens with one attached hydrogen (secondary N) is 1. The van der Waals surface area contributed by atoms with Gasteiger partial charge in [-0.2, -0.15) is 0 Å². The summed E-state index contributed by atoms with van der Waals surface area (Å²) >= 11 is 0. The maximum absolute atomic E-state index is 3.59. The first-order chi connectivity index (χ1) is 7.76. The Hall–Kier alpha value is -0.0800. The van der Waals surface area contributed by atoms with Crippen LogP contribution in [0.1, 0.15) is 52.9 Å². The molecule has 0 bridgehead atoms. The zero-order chi connectivity index (χ0) is 11.9. The molecule has 0 spiro atoms. The molecule has 1 rings (SSSR count). The lowest BCUT2D eigenvalue weighted by molar-refractivity contribution is 0.111. The van der Waals surface area contributed by atoms with Crippen LogP contribution in [-0.2, 0) is 0 Å². The Morgan fingerprint density at radius 2 is 1.81 bits per heavy atom. The van der Waals surface area contributed by atoms with Crippen molar-refractivity contribution in [3.8, 4) is 0 Å². The fourth-order valence-electron chi connectivity index (χ4n) is 2.96. The van der Waals surface area contributed by atoms with Gasteiger partial charge in [0.2, 0.25) is 0 Å². The van der Waals surface area contributed by atoms with E-state index < -0.39 is 0 Å². The molecule has 1 atom stereocenters. The van der Waals surface area contributed by atoms with Crippen molar-refractivity contribution in [3.63, 3.8) is 0 Å². The summed E-state index contributed by atoms with van der Waals surface area (Å²) in [5, 5.41) is 3.59. The molecule has 0 aromatic carbocycles. The smallest absolute Gasteiger partial charge is 0.00500 e. The molecule has 16 heavy (non-hydrogen) atoms. The predicted molar refractivity (Wildman–Crippen MR) is 71.8 cm³/mol. The zero-order valence-corrected chi connectivity index (χ0v) is 11.5. The Labute approximate surface area is 102 Å². The monoisotopic (exact) mass is 226 g/mol. The second kappa shape index (κ2) is 7.29. The van der Waals surface area contributed by atoms with Crippen molar-refractivity contribution < 1.29 is 0 Å². The third-order valence-electron chi connectivity index (χ3n) is 3.95. The van der Waals surface area contributed by atoms with Crippen LogP contribution >= 0.6 is 0 Å². The predicted octanol–water partition coefficient (Wildman–Crippen LogP) is 2.89. The summed E-state index contributed by atoms with van der Waals surface area (Å²) in [7, 11) is 0. The fraction of sp³-hybridized carbons (Fsp3) is 1.00. The highest BCUT2D eigenvalue weighted by molar-refractivity contribution is 4.87. The maximum atomic E-state index is 3.59. The van der Waals surface area contributed by atoms with E-state index in [0.29, 0.717) is 5.41 Å². The van der Waals surface area contributed by atoms with Crippen LogP contribution in [-0.4, -0.2) is 37.6 Å². The second-order valence-corrected chi connectivity index (χ2v) is 5.41. The molecule has 1 aliphatic rings. The molecule has 1 fully saturated rings. The van der Waals surface area contributed by atoms with E-state index in [4.69, 9.17) is 0 Å². The molecule has 1 N–H and O–H groups in total. The Morgan fingerprint density at radius 1 is 1.12 bits per heavy atom. The lowest BCUT2D eigenvalue weighted by atomic mass is 9.78. The second-order valence-electron chi connectivity index (χ2n) is 5.41. The van der Waals surface area contributed by atoms with Crippen molar-refractivity contribution in [1.29, 1.82) is 0 Å². The highest BCUT2D eigenvalue weighted by Gasteiger charge is 2.31. The van der Waals surface area contributed by atoms with Gasteiger partial charge in [0.05, 0.1) is 0 Å². The summed E-state index contributed by atoms with van der Waals surface area (Å²) in [5.41, 5.74) is 0.558. The van der Waals surface area contributed by atoms with E-state index in [1.807, 2.05) is 0 Å². The molecule has 0 aromatic rings. The maximum Gasteiger partial charge on any atom is 0.00500 e. The van der Waals surface area contributed by atoms with Crippen LogP contribution in [0.5, 0.6) is 0 Å². The Morgan fingerprint density at radius 3 is 2.25 bits per heavy atom. The molecular formula is C14H30N2. The van der Waals surface area contributed by atoms with E-state index in [9.17, 15) is 0 Å². The zero-order valence-electron chi connectivity index (χ0n) is 11.5. The Kier molecular flexibility index (Phi) is 6.37. The topological polar surface area (TPSA) is 15.3 Å². The van der Waals surface area contributed by atoms with Gasteiger partial charge in [-0.3, -0.25) is 0 Å². The summed E-state index contributed by atoms with van der Waals surface area (Å²) in [6.45, 7) is 13.3. The molecule has 1 saturated heterocycles. The lowest BCUT2D eigenvalue weighted by Crippen LogP contribution is -2.47. The lowest BCUT2D eigenvalue weighted by Gasteiger charge is -2.41. The molecule has 1 heterocycles. The summed E-state index contributed by atoms with van der Waals surface area (Å²) in [4.78, 5) is 2.68. The molecule has 0 amide bonds. The minimum absolute atomic E-state index is 0.558. The van der Waals surface area contributed by atoms with E-state index in [1.54, 1.807) is 0 Å². The highest BCUT2D eigenvalue weighted by atomic mass is 15.1. The molecule has 1 unspecified atom stereocenters. The van der Waals surface area contributed by atoms with Crippen molar-refractivity contribution in [3.05, 3.63) is 0 Å². The van der Waals surface area contributed by atoms with Crippen LogP contribution in [0.4, 0.5) is 0 Å². The van der Waals surface area contributed by atoms with Gasteiger partial charge in [0.25, 0.3) is 0 Å². The number of piperidine rings is 1. The van der Waals surface area contributed by atoms with Crippen molar-refractivity contribution in [1.82, 2.24) is 10.2 Å². The van der Waals surface area contributed by atoms with E-state index in [0.717, 1.165) is 0 Å². The largest absolute Gasteiger partial charge is 0.316 e. The van der Waals surface area contributed by atoms with Gasteiger partial charge in [-0.05, 0) is 57.2 Å². The summed E-state index contributed by atoms with van der Waals surface area (Å²) in [6.07, 6.45) is 6.67. The molecule has 0 aromatic heterocycles. The molecule has 0 saturated carbocycles. The first-order valence-electron chi connectivity index (χ1n) is 7.19. The van der Waals surface area contributed by atoms with E-state index in [1.165, 1.54) is 64.8 Å². The summed E-state index contributed by atoms with van der Waals surface area (Å²) < 4.78 is 0. The first kappa shape index (κ1) is 14.0. The van der Waals surface area contributed by atoms with Crippen molar-refractivity contribution in [2.75, 3.05) is 32.7 Å². The van der Waals surface area contributed by atoms with Gasteiger partial charge in [0.1, 0.15) is 0 Å². The number of hydrogen-bond donors (Lipinski definition) is 1. The minimum Gasteiger partial charge on any atom is -0.316 e. The van der Waals surface area contributed by atoms with Gasteiger partial charge in [-0.25, -0.2) is 0 Å². The van der Waals surface area contributed by atoms with Crippen molar-refractivity contribution in [2.24, 2.45) is 5.41 Å². The molecule has 2 heteroatoms. The van der Waals surface area contributed by atoms with Gasteiger partial charge in [0.15, 0.2) is 0 Å². The van der Waals surface area contributed by atoms with Crippen LogP contribution in [0.2, 0.25) is 0 Å². The normalized spacial score (nSPS) is 26.2. The van der Waals surface area contributed by atoms with Crippen molar-refractivity contribution >= 4 is 0 Å². The van der Waals surface area contributed by atoms with Gasteiger partial charge >= 0.3 is 0 Å². The summed E-state index contributed by atoms with van der Waals surface area (Å²) in [5.74, 6) is 0. The van der Waals surface area contributed by atoms with Gasteiger partial charge in [0, 0.05) is 13.1 Å². The quantitative estimate of drug-likeness (QED) is 0.718. The van der Waals surface area contributed by atoms with Crippen LogP contribution < -0.4 is 5.32 Å². The number of rotatable bonds is 7. The van der Waals surface area contributed by atoms with Gasteiger partial charge in [-0.1, -0.05) is 20.8 Å².